The van der Waals surface area contributed by atoms with Crippen LogP contribution in [0.4, 0.5) is 30.8 Å². The number of aromatic nitrogens is 3. The van der Waals surface area contributed by atoms with E-state index >= 15 is 0 Å². The van der Waals surface area contributed by atoms with E-state index in [9.17, 15) is 37.4 Å². The highest BCUT2D eigenvalue weighted by Crippen LogP contribution is 2.37. The number of carboxylic acids is 2. The van der Waals surface area contributed by atoms with Crippen LogP contribution in [0, 0.1) is 10.1 Å². The second-order valence-electron chi connectivity index (χ2n) is 10.3. The standard InChI is InChI=1S/C14H7ClF3NO5.C9H16ClN5.C3H8NO5P/c15-10-5-7(14(16,17)18)1-4-12(10)24-8-2-3-11(19(22)23)9(6-8)13(20)21;1-5-11-7-12-6(10)13-8(14-7)15-9(2,3)4;5-3(6)1-4-2-10(7,8)9/h1-6H,(H,20,21);5H2,1-4H3,(H2,11,12,13,14,15);4H,1-2H2,(H,5,6)(H2,7,8,9). The van der Waals surface area contributed by atoms with Crippen LogP contribution < -0.4 is 20.7 Å². The van der Waals surface area contributed by atoms with Gasteiger partial charge in [-0.1, -0.05) is 11.6 Å². The average molecular weight is 760 g/mol. The number of hydrogen-bond acceptors (Lipinski definition) is 12. The number of nitrogens with one attached hydrogen (secondary N) is 3. The van der Waals surface area contributed by atoms with Crippen molar-refractivity contribution in [3.05, 3.63) is 67.9 Å². The van der Waals surface area contributed by atoms with E-state index in [2.05, 4.69) is 30.9 Å². The third-order valence-corrected chi connectivity index (χ3v) is 6.01. The summed E-state index contributed by atoms with van der Waals surface area (Å²) in [6.07, 6.45) is -5.18. The first-order chi connectivity index (χ1) is 22.4. The maximum absolute atomic E-state index is 12.6. The van der Waals surface area contributed by atoms with Gasteiger partial charge in [-0.15, -0.1) is 0 Å². The summed E-state index contributed by atoms with van der Waals surface area (Å²) in [4.78, 5) is 59.2. The van der Waals surface area contributed by atoms with Crippen molar-refractivity contribution in [2.24, 2.45) is 0 Å². The molecular formula is C26H31Cl2F3N7O10P. The Bertz CT molecular complexity index is 1680. The Balaban J connectivity index is 0.000000410. The van der Waals surface area contributed by atoms with E-state index in [4.69, 9.17) is 47.9 Å². The molecule has 0 saturated heterocycles. The first-order valence-corrected chi connectivity index (χ1v) is 15.9. The molecule has 1 aromatic heterocycles. The Morgan fingerprint density at radius 1 is 1.02 bits per heavy atom. The van der Waals surface area contributed by atoms with Gasteiger partial charge in [-0.2, -0.15) is 28.1 Å². The van der Waals surface area contributed by atoms with Gasteiger partial charge in [0.2, 0.25) is 17.2 Å². The number of rotatable bonds is 11. The normalized spacial score (nSPS) is 11.2. The molecule has 2 aromatic carbocycles. The van der Waals surface area contributed by atoms with Crippen molar-refractivity contribution in [3.63, 3.8) is 0 Å². The Morgan fingerprint density at radius 3 is 2.10 bits per heavy atom. The van der Waals surface area contributed by atoms with Gasteiger partial charge in [0.1, 0.15) is 17.1 Å². The summed E-state index contributed by atoms with van der Waals surface area (Å²) in [6, 6.07) is 5.27. The number of nitrogens with zero attached hydrogens (tertiary/aromatic N) is 4. The van der Waals surface area contributed by atoms with Crippen molar-refractivity contribution in [3.8, 4) is 11.5 Å². The van der Waals surface area contributed by atoms with Gasteiger partial charge in [0.05, 0.1) is 28.3 Å². The molecule has 0 aliphatic carbocycles. The van der Waals surface area contributed by atoms with Gasteiger partial charge >= 0.3 is 25.7 Å². The molecule has 3 rings (SSSR count). The molecule has 0 fully saturated rings. The quantitative estimate of drug-likeness (QED) is 0.0700. The summed E-state index contributed by atoms with van der Waals surface area (Å²) in [7, 11) is -4.10. The summed E-state index contributed by atoms with van der Waals surface area (Å²) >= 11 is 11.5. The molecule has 23 heteroatoms. The van der Waals surface area contributed by atoms with E-state index in [1.54, 1.807) is 0 Å². The van der Waals surface area contributed by atoms with Crippen LogP contribution in [0.25, 0.3) is 0 Å². The smallest absolute Gasteiger partial charge is 0.416 e. The van der Waals surface area contributed by atoms with Crippen molar-refractivity contribution >= 4 is 60.3 Å². The van der Waals surface area contributed by atoms with Crippen LogP contribution in [0.15, 0.2) is 36.4 Å². The number of ether oxygens (including phenoxy) is 1. The second kappa shape index (κ2) is 18.4. The van der Waals surface area contributed by atoms with Crippen LogP contribution in [0.1, 0.15) is 43.6 Å². The monoisotopic (exact) mass is 759 g/mol. The fourth-order valence-corrected chi connectivity index (χ4v) is 3.87. The summed E-state index contributed by atoms with van der Waals surface area (Å²) in [6.45, 7) is 8.35. The molecule has 7 N–H and O–H groups in total. The molecule has 270 valence electrons. The average Bonchev–Trinajstić information content (AvgIpc) is 2.92. The second-order valence-corrected chi connectivity index (χ2v) is 12.7. The van der Waals surface area contributed by atoms with Crippen LogP contribution in [0.5, 0.6) is 11.5 Å². The SMILES string of the molecule is CCNc1nc(Cl)nc(NC(C)(C)C)n1.O=C(O)CNCP(=O)(O)O.O=C(O)c1cc(Oc2ccc(C(F)(F)F)cc2Cl)ccc1[N+](=O)[O-]. The topological polar surface area (TPSA) is 259 Å². The maximum atomic E-state index is 12.6. The highest BCUT2D eigenvalue weighted by molar-refractivity contribution is 7.51. The molecule has 1 heterocycles. The molecule has 3 aromatic rings. The number of carboxylic acid groups (broad SMARTS) is 2. The molecule has 0 radical (unpaired) electrons. The molecule has 0 aliphatic heterocycles. The highest BCUT2D eigenvalue weighted by Gasteiger charge is 2.31. The third kappa shape index (κ3) is 17.1. The molecule has 0 bridgehead atoms. The predicted molar refractivity (Wildman–Crippen MR) is 172 cm³/mol. The summed E-state index contributed by atoms with van der Waals surface area (Å²) in [5, 5.41) is 35.7. The lowest BCUT2D eigenvalue weighted by Gasteiger charge is -2.20. The van der Waals surface area contributed by atoms with Crippen LogP contribution >= 0.6 is 30.8 Å². The van der Waals surface area contributed by atoms with Crippen molar-refractivity contribution < 1.29 is 57.0 Å². The first-order valence-electron chi connectivity index (χ1n) is 13.4. The fraction of sp³-hybridized carbons (Fsp3) is 0.346. The molecule has 0 aliphatic rings. The zero-order valence-corrected chi connectivity index (χ0v) is 28.4. The van der Waals surface area contributed by atoms with Gasteiger partial charge < -0.3 is 35.4 Å². The van der Waals surface area contributed by atoms with Gasteiger partial charge in [0.15, 0.2) is 0 Å². The van der Waals surface area contributed by atoms with Crippen LogP contribution in [-0.4, -0.2) is 76.7 Å². The highest BCUT2D eigenvalue weighted by atomic mass is 35.5. The molecule has 0 unspecified atom stereocenters. The number of anilines is 2. The minimum atomic E-state index is -4.58. The largest absolute Gasteiger partial charge is 0.480 e. The fourth-order valence-electron chi connectivity index (χ4n) is 3.08. The third-order valence-electron chi connectivity index (χ3n) is 4.91. The van der Waals surface area contributed by atoms with E-state index in [1.807, 2.05) is 27.7 Å². The lowest BCUT2D eigenvalue weighted by Crippen LogP contribution is -2.27. The molecule has 49 heavy (non-hydrogen) atoms. The van der Waals surface area contributed by atoms with Crippen LogP contribution in [0.3, 0.4) is 0 Å². The zero-order chi connectivity index (χ0) is 37.7. The summed E-state index contributed by atoms with van der Waals surface area (Å²) in [5.41, 5.74) is -2.35. The number of benzene rings is 2. The van der Waals surface area contributed by atoms with Gasteiger partial charge in [-0.3, -0.25) is 24.8 Å². The van der Waals surface area contributed by atoms with Gasteiger partial charge in [0.25, 0.3) is 5.69 Å². The number of carbonyl (C=O) groups is 2. The Labute approximate surface area is 286 Å². The molecule has 0 saturated carbocycles. The molecular weight excluding hydrogens is 729 g/mol. The number of aliphatic carboxylic acids is 1. The Morgan fingerprint density at radius 2 is 1.63 bits per heavy atom. The van der Waals surface area contributed by atoms with Crippen molar-refractivity contribution in [2.45, 2.75) is 39.4 Å². The molecule has 0 spiro atoms. The van der Waals surface area contributed by atoms with E-state index in [0.717, 1.165) is 36.9 Å². The van der Waals surface area contributed by atoms with Gasteiger partial charge in [-0.25, -0.2) is 4.79 Å². The first kappa shape index (κ1) is 42.7. The van der Waals surface area contributed by atoms with Crippen LogP contribution in [0.2, 0.25) is 10.3 Å². The van der Waals surface area contributed by atoms with Gasteiger partial charge in [0, 0.05) is 24.2 Å². The van der Waals surface area contributed by atoms with Crippen molar-refractivity contribution in [1.82, 2.24) is 20.3 Å². The minimum Gasteiger partial charge on any atom is -0.480 e. The van der Waals surface area contributed by atoms with Gasteiger partial charge in [-0.05, 0) is 63.6 Å². The van der Waals surface area contributed by atoms with E-state index in [1.165, 1.54) is 0 Å². The Hall–Kier alpha value is -4.33. The molecule has 17 nitrogen and oxygen atoms in total. The number of nitro benzene ring substituents is 1. The number of halogens is 5. The van der Waals surface area contributed by atoms with Crippen LogP contribution in [-0.2, 0) is 15.5 Å². The number of alkyl halides is 3. The van der Waals surface area contributed by atoms with Crippen molar-refractivity contribution in [2.75, 3.05) is 30.0 Å². The summed E-state index contributed by atoms with van der Waals surface area (Å²) in [5.74, 6) is -2.00. The van der Waals surface area contributed by atoms with Crippen molar-refractivity contribution in [1.29, 1.82) is 0 Å². The Kier molecular flexibility index (Phi) is 16.1. The predicted octanol–water partition coefficient (Wildman–Crippen LogP) is 5.72. The molecule has 0 amide bonds. The lowest BCUT2D eigenvalue weighted by atomic mass is 10.1. The lowest BCUT2D eigenvalue weighted by molar-refractivity contribution is -0.385. The summed E-state index contributed by atoms with van der Waals surface area (Å²) < 4.78 is 52.9. The number of hydrogen-bond donors (Lipinski definition) is 7. The zero-order valence-electron chi connectivity index (χ0n) is 25.9. The van der Waals surface area contributed by atoms with E-state index < -0.39 is 60.3 Å². The van der Waals surface area contributed by atoms with E-state index in [-0.39, 0.29) is 27.3 Å². The molecule has 0 atom stereocenters. The number of nitro groups is 1. The minimum absolute atomic E-state index is 0.103. The number of aromatic carboxylic acids is 1. The van der Waals surface area contributed by atoms with E-state index in [0.29, 0.717) is 18.0 Å². The maximum Gasteiger partial charge on any atom is 0.416 e.